The summed E-state index contributed by atoms with van der Waals surface area (Å²) in [5.41, 5.74) is 1.62. The summed E-state index contributed by atoms with van der Waals surface area (Å²) < 4.78 is 15.9. The van der Waals surface area contributed by atoms with Crippen LogP contribution in [-0.4, -0.2) is 36.8 Å². The summed E-state index contributed by atoms with van der Waals surface area (Å²) in [5.74, 6) is 2.11. The molecule has 0 unspecified atom stereocenters. The highest BCUT2D eigenvalue weighted by Gasteiger charge is 2.13. The van der Waals surface area contributed by atoms with E-state index >= 15 is 0 Å². The molecule has 138 valence electrons. The van der Waals surface area contributed by atoms with Gasteiger partial charge in [-0.05, 0) is 48.1 Å². The molecule has 7 nitrogen and oxygen atoms in total. The van der Waals surface area contributed by atoms with E-state index < -0.39 is 0 Å². The molecule has 0 saturated heterocycles. The molecule has 0 amide bonds. The van der Waals surface area contributed by atoms with Gasteiger partial charge in [0.05, 0.1) is 32.4 Å². The Balaban J connectivity index is 1.72. The number of nitrogens with one attached hydrogen (secondary N) is 1. The van der Waals surface area contributed by atoms with E-state index in [9.17, 15) is 0 Å². The second-order valence-corrected chi connectivity index (χ2v) is 5.94. The zero-order chi connectivity index (χ0) is 19.1. The van der Waals surface area contributed by atoms with E-state index in [-0.39, 0.29) is 6.79 Å². The lowest BCUT2D eigenvalue weighted by Gasteiger charge is -2.20. The first-order valence-electron chi connectivity index (χ1n) is 8.23. The first-order valence-corrected chi connectivity index (χ1v) is 8.63. The van der Waals surface area contributed by atoms with Gasteiger partial charge < -0.3 is 19.5 Å². The number of nitriles is 1. The molecule has 0 fully saturated rings. The predicted octanol–water partition coefficient (Wildman–Crippen LogP) is 3.37. The number of hydrogen-bond acceptors (Lipinski definition) is 6. The van der Waals surface area contributed by atoms with Gasteiger partial charge in [-0.1, -0.05) is 6.07 Å². The average molecular weight is 382 g/mol. The fourth-order valence-corrected chi connectivity index (χ4v) is 2.64. The number of methoxy groups -OCH3 is 1. The van der Waals surface area contributed by atoms with Crippen molar-refractivity contribution in [3.05, 3.63) is 48.0 Å². The molecule has 1 aliphatic rings. The summed E-state index contributed by atoms with van der Waals surface area (Å²) in [6.07, 6.45) is 1.96. The minimum atomic E-state index is 0.221. The summed E-state index contributed by atoms with van der Waals surface area (Å²) in [4.78, 5) is 0. The van der Waals surface area contributed by atoms with Crippen LogP contribution in [0.5, 0.6) is 17.2 Å². The largest absolute Gasteiger partial charge is 0.497 e. The monoisotopic (exact) mass is 382 g/mol. The molecule has 3 rings (SSSR count). The van der Waals surface area contributed by atoms with Crippen LogP contribution in [0.3, 0.4) is 0 Å². The highest BCUT2D eigenvalue weighted by atomic mass is 32.1. The number of rotatable bonds is 6. The van der Waals surface area contributed by atoms with Crippen LogP contribution >= 0.6 is 12.2 Å². The molecule has 2 aromatic rings. The molecule has 0 aliphatic carbocycles. The molecule has 1 heterocycles. The fraction of sp³-hybridized carbons (Fsp3) is 0.211. The second kappa shape index (κ2) is 8.87. The smallest absolute Gasteiger partial charge is 0.231 e. The Labute approximate surface area is 162 Å². The molecule has 2 aromatic carbocycles. The molecule has 0 aromatic heterocycles. The van der Waals surface area contributed by atoms with E-state index in [2.05, 4.69) is 16.5 Å². The van der Waals surface area contributed by atoms with E-state index in [1.54, 1.807) is 18.3 Å². The van der Waals surface area contributed by atoms with E-state index in [1.165, 1.54) is 0 Å². The Hall–Kier alpha value is -3.31. The van der Waals surface area contributed by atoms with E-state index in [0.717, 1.165) is 17.0 Å². The van der Waals surface area contributed by atoms with Crippen molar-refractivity contribution in [3.63, 3.8) is 0 Å². The topological polar surface area (TPSA) is 79.1 Å². The van der Waals surface area contributed by atoms with Gasteiger partial charge in [0, 0.05) is 11.8 Å². The normalized spacial score (nSPS) is 11.9. The van der Waals surface area contributed by atoms with Crippen molar-refractivity contribution < 1.29 is 14.2 Å². The molecule has 0 bridgehead atoms. The molecule has 0 saturated carbocycles. The Morgan fingerprint density at radius 2 is 2.19 bits per heavy atom. The van der Waals surface area contributed by atoms with Crippen LogP contribution in [-0.2, 0) is 0 Å². The third-order valence-electron chi connectivity index (χ3n) is 3.73. The van der Waals surface area contributed by atoms with Gasteiger partial charge in [0.2, 0.25) is 6.79 Å². The average Bonchev–Trinajstić information content (AvgIpc) is 3.16. The van der Waals surface area contributed by atoms with Crippen molar-refractivity contribution in [2.75, 3.05) is 25.8 Å². The van der Waals surface area contributed by atoms with Crippen LogP contribution in [0.15, 0.2) is 47.6 Å². The number of ether oxygens (including phenoxy) is 3. The van der Waals surface area contributed by atoms with Crippen LogP contribution in [0.1, 0.15) is 12.0 Å². The van der Waals surface area contributed by atoms with Gasteiger partial charge in [0.1, 0.15) is 5.75 Å². The lowest BCUT2D eigenvalue weighted by Crippen LogP contribution is -2.31. The number of anilines is 1. The highest BCUT2D eigenvalue weighted by Crippen LogP contribution is 2.32. The van der Waals surface area contributed by atoms with Crippen molar-refractivity contribution >= 4 is 29.2 Å². The van der Waals surface area contributed by atoms with Crippen molar-refractivity contribution in [2.45, 2.75) is 6.42 Å². The number of thiocarbonyl (C=S) groups is 1. The number of fused-ring (bicyclic) bond motifs is 1. The molecule has 8 heteroatoms. The SMILES string of the molecule is COc1cccc(NC(=S)N(CCC#N)/N=C/c2ccc3c(c2)OCO3)c1. The minimum absolute atomic E-state index is 0.221. The third kappa shape index (κ3) is 4.86. The molecule has 0 radical (unpaired) electrons. The lowest BCUT2D eigenvalue weighted by molar-refractivity contribution is 0.174. The van der Waals surface area contributed by atoms with Gasteiger partial charge >= 0.3 is 0 Å². The van der Waals surface area contributed by atoms with Crippen LogP contribution in [0, 0.1) is 11.3 Å². The maximum absolute atomic E-state index is 8.91. The summed E-state index contributed by atoms with van der Waals surface area (Å²) >= 11 is 5.45. The number of nitrogens with zero attached hydrogens (tertiary/aromatic N) is 3. The second-order valence-electron chi connectivity index (χ2n) is 5.55. The molecule has 1 aliphatic heterocycles. The van der Waals surface area contributed by atoms with E-state index in [0.29, 0.717) is 29.6 Å². The van der Waals surface area contributed by atoms with Gasteiger partial charge in [0.25, 0.3) is 0 Å². The van der Waals surface area contributed by atoms with Crippen molar-refractivity contribution in [2.24, 2.45) is 5.10 Å². The zero-order valence-electron chi connectivity index (χ0n) is 14.7. The van der Waals surface area contributed by atoms with E-state index in [1.807, 2.05) is 42.5 Å². The summed E-state index contributed by atoms with van der Waals surface area (Å²) in [6.45, 7) is 0.589. The Bertz CT molecular complexity index is 895. The first kappa shape index (κ1) is 18.5. The van der Waals surface area contributed by atoms with E-state index in [4.69, 9.17) is 31.7 Å². The fourth-order valence-electron chi connectivity index (χ4n) is 2.39. The van der Waals surface area contributed by atoms with Gasteiger partial charge in [-0.3, -0.25) is 0 Å². The molecule has 27 heavy (non-hydrogen) atoms. The van der Waals surface area contributed by atoms with Crippen molar-refractivity contribution in [3.8, 4) is 23.3 Å². The maximum atomic E-state index is 8.91. The standard InChI is InChI=1S/C19H18N4O3S/c1-24-16-5-2-4-15(11-16)22-19(27)23(9-3-8-20)21-12-14-6-7-17-18(10-14)26-13-25-17/h2,4-7,10-12H,3,9,13H2,1H3,(H,22,27)/b21-12+. The highest BCUT2D eigenvalue weighted by molar-refractivity contribution is 7.80. The Morgan fingerprint density at radius 3 is 3.00 bits per heavy atom. The lowest BCUT2D eigenvalue weighted by atomic mass is 10.2. The van der Waals surface area contributed by atoms with Gasteiger partial charge in [-0.25, -0.2) is 5.01 Å². The minimum Gasteiger partial charge on any atom is -0.497 e. The first-order chi connectivity index (χ1) is 13.2. The van der Waals surface area contributed by atoms with Crippen LogP contribution in [0.25, 0.3) is 0 Å². The quantitative estimate of drug-likeness (QED) is 0.466. The van der Waals surface area contributed by atoms with Gasteiger partial charge in [-0.15, -0.1) is 0 Å². The molecular weight excluding hydrogens is 364 g/mol. The maximum Gasteiger partial charge on any atom is 0.231 e. The van der Waals surface area contributed by atoms with Crippen LogP contribution < -0.4 is 19.5 Å². The van der Waals surface area contributed by atoms with Crippen LogP contribution in [0.2, 0.25) is 0 Å². The summed E-state index contributed by atoms with van der Waals surface area (Å²) in [5, 5.41) is 18.4. The summed E-state index contributed by atoms with van der Waals surface area (Å²) in [6, 6.07) is 15.1. The third-order valence-corrected chi connectivity index (χ3v) is 4.05. The zero-order valence-corrected chi connectivity index (χ0v) is 15.5. The Morgan fingerprint density at radius 1 is 1.33 bits per heavy atom. The molecule has 1 N–H and O–H groups in total. The van der Waals surface area contributed by atoms with Gasteiger partial charge in [0.15, 0.2) is 16.6 Å². The molecular formula is C19H18N4O3S. The number of hydrogen-bond donors (Lipinski definition) is 1. The van der Waals surface area contributed by atoms with Crippen molar-refractivity contribution in [1.82, 2.24) is 5.01 Å². The number of hydrazone groups is 1. The van der Waals surface area contributed by atoms with Gasteiger partial charge in [-0.2, -0.15) is 10.4 Å². The van der Waals surface area contributed by atoms with Crippen molar-refractivity contribution in [1.29, 1.82) is 5.26 Å². The predicted molar refractivity (Wildman–Crippen MR) is 106 cm³/mol. The number of benzene rings is 2. The summed E-state index contributed by atoms with van der Waals surface area (Å²) in [7, 11) is 1.60. The molecule has 0 spiro atoms. The molecule has 0 atom stereocenters. The van der Waals surface area contributed by atoms with Crippen LogP contribution in [0.4, 0.5) is 5.69 Å². The Kier molecular flexibility index (Phi) is 6.07.